The van der Waals surface area contributed by atoms with Gasteiger partial charge in [-0.25, -0.2) is 0 Å². The molecule has 0 aromatic heterocycles. The SMILES string of the molecule is CC=C(O)C(O)(CC1(CC)COC1)CC1(CC)COC1.CC=C(O)C(O)(CC1(CC)COC1)CC1(CC)COC1. The fourth-order valence-corrected chi connectivity index (χ4v) is 6.79. The quantitative estimate of drug-likeness (QED) is 0.199. The van der Waals surface area contributed by atoms with Crippen LogP contribution in [0.3, 0.4) is 0 Å². The van der Waals surface area contributed by atoms with Crippen molar-refractivity contribution in [3.8, 4) is 0 Å². The number of aliphatic hydroxyl groups is 4. The summed E-state index contributed by atoms with van der Waals surface area (Å²) in [5.41, 5.74) is -2.30. The fourth-order valence-electron chi connectivity index (χ4n) is 6.79. The average Bonchev–Trinajstić information content (AvgIpc) is 2.87. The van der Waals surface area contributed by atoms with Crippen LogP contribution in [0.5, 0.6) is 0 Å². The molecule has 232 valence electrons. The molecule has 0 bridgehead atoms. The second-order valence-electron chi connectivity index (χ2n) is 13.5. The lowest BCUT2D eigenvalue weighted by Gasteiger charge is -2.50. The van der Waals surface area contributed by atoms with Crippen LogP contribution in [0.15, 0.2) is 23.7 Å². The maximum absolute atomic E-state index is 11.1. The van der Waals surface area contributed by atoms with E-state index in [1.165, 1.54) is 0 Å². The van der Waals surface area contributed by atoms with E-state index in [9.17, 15) is 20.4 Å². The molecule has 0 atom stereocenters. The van der Waals surface area contributed by atoms with Gasteiger partial charge >= 0.3 is 0 Å². The third kappa shape index (κ3) is 6.90. The van der Waals surface area contributed by atoms with E-state index < -0.39 is 11.2 Å². The molecule has 0 aromatic carbocycles. The molecule has 4 N–H and O–H groups in total. The molecule has 0 unspecified atom stereocenters. The first-order chi connectivity index (χ1) is 18.9. The Morgan fingerprint density at radius 2 is 0.725 bits per heavy atom. The molecule has 0 radical (unpaired) electrons. The Labute approximate surface area is 241 Å². The molecular weight excluding hydrogens is 512 g/mol. The predicted octanol–water partition coefficient (Wildman–Crippen LogP) is 5.63. The van der Waals surface area contributed by atoms with E-state index >= 15 is 0 Å². The summed E-state index contributed by atoms with van der Waals surface area (Å²) in [6, 6.07) is 0. The molecule has 0 aromatic rings. The van der Waals surface area contributed by atoms with Gasteiger partial charge < -0.3 is 39.4 Å². The summed E-state index contributed by atoms with van der Waals surface area (Å²) in [6.07, 6.45) is 9.33. The Bertz CT molecular complexity index is 735. The minimum atomic E-state index is -1.16. The molecule has 0 spiro atoms. The van der Waals surface area contributed by atoms with Crippen LogP contribution in [-0.2, 0) is 18.9 Å². The molecule has 8 nitrogen and oxygen atoms in total. The molecule has 0 aliphatic carbocycles. The zero-order chi connectivity index (χ0) is 29.7. The van der Waals surface area contributed by atoms with E-state index in [1.807, 2.05) is 0 Å². The monoisotopic (exact) mass is 568 g/mol. The number of aliphatic hydroxyl groups excluding tert-OH is 2. The number of hydrogen-bond acceptors (Lipinski definition) is 8. The largest absolute Gasteiger partial charge is 0.510 e. The molecule has 4 rings (SSSR count). The van der Waals surface area contributed by atoms with Gasteiger partial charge in [0.05, 0.1) is 52.9 Å². The Morgan fingerprint density at radius 1 is 0.525 bits per heavy atom. The van der Waals surface area contributed by atoms with Gasteiger partial charge in [0.15, 0.2) is 0 Å². The topological polar surface area (TPSA) is 118 Å². The zero-order valence-electron chi connectivity index (χ0n) is 25.9. The van der Waals surface area contributed by atoms with Crippen molar-refractivity contribution >= 4 is 0 Å². The first kappa shape index (κ1) is 33.3. The normalized spacial score (nSPS) is 24.9. The van der Waals surface area contributed by atoms with Crippen LogP contribution in [-0.4, -0.2) is 84.5 Å². The average molecular weight is 569 g/mol. The van der Waals surface area contributed by atoms with Crippen molar-refractivity contribution in [1.29, 1.82) is 0 Å². The summed E-state index contributed by atoms with van der Waals surface area (Å²) in [6.45, 7) is 17.5. The standard InChI is InChI=1S/2C16H28O4/c2*1-4-13(17)16(18,7-14(5-2)9-19-10-14)8-15(6-3)11-20-12-15/h2*4,17-18H,5-12H2,1-3H3. The van der Waals surface area contributed by atoms with Gasteiger partial charge in [-0.2, -0.15) is 0 Å². The van der Waals surface area contributed by atoms with Crippen molar-refractivity contribution in [3.05, 3.63) is 23.7 Å². The van der Waals surface area contributed by atoms with Crippen molar-refractivity contribution in [2.75, 3.05) is 52.9 Å². The van der Waals surface area contributed by atoms with Crippen molar-refractivity contribution in [1.82, 2.24) is 0 Å². The Balaban J connectivity index is 0.000000220. The van der Waals surface area contributed by atoms with Crippen LogP contribution in [0.4, 0.5) is 0 Å². The number of ether oxygens (including phenoxy) is 4. The second-order valence-corrected chi connectivity index (χ2v) is 13.5. The molecule has 4 fully saturated rings. The second kappa shape index (κ2) is 13.0. The summed E-state index contributed by atoms with van der Waals surface area (Å²) >= 11 is 0. The van der Waals surface area contributed by atoms with Crippen LogP contribution in [0.1, 0.15) is 92.9 Å². The van der Waals surface area contributed by atoms with E-state index in [-0.39, 0.29) is 33.2 Å². The van der Waals surface area contributed by atoms with E-state index in [4.69, 9.17) is 18.9 Å². The lowest BCUT2D eigenvalue weighted by atomic mass is 9.66. The van der Waals surface area contributed by atoms with E-state index in [1.54, 1.807) is 26.0 Å². The summed E-state index contributed by atoms with van der Waals surface area (Å²) < 4.78 is 21.4. The van der Waals surface area contributed by atoms with Gasteiger partial charge in [0.25, 0.3) is 0 Å². The molecule has 0 saturated carbocycles. The van der Waals surface area contributed by atoms with Crippen LogP contribution in [0.2, 0.25) is 0 Å². The van der Waals surface area contributed by atoms with Crippen LogP contribution < -0.4 is 0 Å². The van der Waals surface area contributed by atoms with Gasteiger partial charge in [0.1, 0.15) is 22.7 Å². The van der Waals surface area contributed by atoms with E-state index in [0.717, 1.165) is 25.7 Å². The van der Waals surface area contributed by atoms with Gasteiger partial charge in [-0.15, -0.1) is 0 Å². The first-order valence-corrected chi connectivity index (χ1v) is 15.3. The predicted molar refractivity (Wildman–Crippen MR) is 155 cm³/mol. The molecule has 4 aliphatic rings. The number of hydrogen-bond donors (Lipinski definition) is 4. The molecule has 0 amide bonds. The zero-order valence-corrected chi connectivity index (χ0v) is 25.9. The highest BCUT2D eigenvalue weighted by molar-refractivity contribution is 5.15. The van der Waals surface area contributed by atoms with Crippen LogP contribution in [0, 0.1) is 21.7 Å². The summed E-state index contributed by atoms with van der Waals surface area (Å²) in [4.78, 5) is 0. The summed E-state index contributed by atoms with van der Waals surface area (Å²) in [7, 11) is 0. The molecule has 40 heavy (non-hydrogen) atoms. The van der Waals surface area contributed by atoms with Crippen LogP contribution >= 0.6 is 0 Å². The lowest BCUT2D eigenvalue weighted by molar-refractivity contribution is -0.184. The molecule has 4 saturated heterocycles. The maximum Gasteiger partial charge on any atom is 0.122 e. The van der Waals surface area contributed by atoms with E-state index in [2.05, 4.69) is 27.7 Å². The van der Waals surface area contributed by atoms with Crippen molar-refractivity contribution in [3.63, 3.8) is 0 Å². The smallest absolute Gasteiger partial charge is 0.122 e. The lowest BCUT2D eigenvalue weighted by Crippen LogP contribution is -2.54. The van der Waals surface area contributed by atoms with Crippen LogP contribution in [0.25, 0.3) is 0 Å². The van der Waals surface area contributed by atoms with Crippen molar-refractivity contribution in [2.24, 2.45) is 21.7 Å². The Kier molecular flexibility index (Phi) is 10.8. The molecular formula is C32H56O8. The number of rotatable bonds is 14. The summed E-state index contributed by atoms with van der Waals surface area (Å²) in [5.74, 6) is 0.189. The van der Waals surface area contributed by atoms with Gasteiger partial charge in [0, 0.05) is 21.7 Å². The summed E-state index contributed by atoms with van der Waals surface area (Å²) in [5, 5.41) is 42.8. The maximum atomic E-state index is 11.1. The molecule has 4 heterocycles. The van der Waals surface area contributed by atoms with Gasteiger partial charge in [0.2, 0.25) is 0 Å². The Hall–Kier alpha value is -1.16. The highest BCUT2D eigenvalue weighted by Gasteiger charge is 2.53. The fraction of sp³-hybridized carbons (Fsp3) is 0.875. The van der Waals surface area contributed by atoms with Gasteiger partial charge in [-0.05, 0) is 77.4 Å². The van der Waals surface area contributed by atoms with E-state index in [0.29, 0.717) is 78.5 Å². The number of allylic oxidation sites excluding steroid dienone is 2. The third-order valence-electron chi connectivity index (χ3n) is 10.4. The van der Waals surface area contributed by atoms with Crippen molar-refractivity contribution in [2.45, 2.75) is 104 Å². The third-order valence-corrected chi connectivity index (χ3v) is 10.4. The first-order valence-electron chi connectivity index (χ1n) is 15.3. The van der Waals surface area contributed by atoms with Crippen molar-refractivity contribution < 1.29 is 39.4 Å². The highest BCUT2D eigenvalue weighted by Crippen LogP contribution is 2.49. The molecule has 4 aliphatic heterocycles. The highest BCUT2D eigenvalue weighted by atomic mass is 16.5. The van der Waals surface area contributed by atoms with Gasteiger partial charge in [-0.1, -0.05) is 27.7 Å². The minimum Gasteiger partial charge on any atom is -0.510 e. The van der Waals surface area contributed by atoms with Gasteiger partial charge in [-0.3, -0.25) is 0 Å². The Morgan fingerprint density at radius 3 is 0.825 bits per heavy atom. The minimum absolute atomic E-state index is 0.00523. The molecule has 8 heteroatoms.